The van der Waals surface area contributed by atoms with Gasteiger partial charge in [0, 0.05) is 5.39 Å². The molecule has 3 nitrogen and oxygen atoms in total. The van der Waals surface area contributed by atoms with Crippen molar-refractivity contribution in [3.8, 4) is 11.8 Å². The van der Waals surface area contributed by atoms with Crippen molar-refractivity contribution >= 4 is 10.9 Å². The number of methoxy groups -OCH3 is 1. The molecule has 0 aliphatic carbocycles. The van der Waals surface area contributed by atoms with Gasteiger partial charge in [-0.3, -0.25) is 0 Å². The molecule has 0 fully saturated rings. The Morgan fingerprint density at radius 2 is 2.29 bits per heavy atom. The van der Waals surface area contributed by atoms with Crippen molar-refractivity contribution in [1.82, 2.24) is 4.79 Å². The molecule has 2 aromatic rings. The Balaban J connectivity index is 2.85. The summed E-state index contributed by atoms with van der Waals surface area (Å²) in [7, 11) is 1.51. The van der Waals surface area contributed by atoms with E-state index in [1.807, 2.05) is 0 Å². The van der Waals surface area contributed by atoms with Gasteiger partial charge in [-0.05, 0) is 18.2 Å². The number of nitrogens with zero attached hydrogens (tertiary/aromatic N) is 2. The molecule has 70 valence electrons. The second kappa shape index (κ2) is 3.04. The molecule has 1 aromatic heterocycles. The largest absolute Gasteiger partial charge is 0.496 e. The van der Waals surface area contributed by atoms with Gasteiger partial charge in [0.1, 0.15) is 11.8 Å². The van der Waals surface area contributed by atoms with Gasteiger partial charge in [-0.1, -0.05) is 10.5 Å². The maximum atomic E-state index is 13.4. The Labute approximate surface area is 79.9 Å². The predicted octanol–water partition coefficient (Wildman–Crippen LogP) is 2.25. The van der Waals surface area contributed by atoms with Crippen molar-refractivity contribution < 1.29 is 9.22 Å². The molecule has 0 saturated carbocycles. The van der Waals surface area contributed by atoms with Gasteiger partial charge in [-0.25, -0.2) is 0 Å². The summed E-state index contributed by atoms with van der Waals surface area (Å²) in [6, 6.07) is 8.24. The third-order valence-electron chi connectivity index (χ3n) is 2.08. The molecule has 0 amide bonds. The van der Waals surface area contributed by atoms with E-state index in [1.54, 1.807) is 24.3 Å². The van der Waals surface area contributed by atoms with Crippen molar-refractivity contribution in [2.75, 3.05) is 7.11 Å². The quantitative estimate of drug-likeness (QED) is 0.691. The molecule has 1 heterocycles. The highest BCUT2D eigenvalue weighted by molar-refractivity contribution is 5.87. The molecule has 0 N–H and O–H groups in total. The average Bonchev–Trinajstić information content (AvgIpc) is 2.55. The number of benzene rings is 1. The van der Waals surface area contributed by atoms with E-state index in [9.17, 15) is 4.48 Å². The molecule has 2 rings (SSSR count). The number of fused-ring (bicyclic) bond motifs is 1. The van der Waals surface area contributed by atoms with E-state index in [0.29, 0.717) is 21.4 Å². The Kier molecular flexibility index (Phi) is 1.86. The summed E-state index contributed by atoms with van der Waals surface area (Å²) in [5.41, 5.74) is 0.324. The lowest BCUT2D eigenvalue weighted by Gasteiger charge is -1.99. The van der Waals surface area contributed by atoms with Crippen LogP contribution in [0.2, 0.25) is 0 Å². The van der Waals surface area contributed by atoms with Crippen molar-refractivity contribution in [1.29, 1.82) is 5.26 Å². The second-order valence-electron chi connectivity index (χ2n) is 2.82. The molecule has 0 bridgehead atoms. The zero-order valence-electron chi connectivity index (χ0n) is 7.49. The van der Waals surface area contributed by atoms with E-state index in [-0.39, 0.29) is 5.69 Å². The van der Waals surface area contributed by atoms with Crippen LogP contribution in [0.5, 0.6) is 5.75 Å². The summed E-state index contributed by atoms with van der Waals surface area (Å²) in [5, 5.41) is 9.24. The van der Waals surface area contributed by atoms with Crippen LogP contribution in [0, 0.1) is 11.3 Å². The Hall–Kier alpha value is -2.02. The number of hydrogen-bond donors (Lipinski definition) is 0. The minimum Gasteiger partial charge on any atom is -0.496 e. The van der Waals surface area contributed by atoms with Crippen LogP contribution in [0.15, 0.2) is 24.3 Å². The van der Waals surface area contributed by atoms with Crippen molar-refractivity contribution in [2.24, 2.45) is 0 Å². The minimum absolute atomic E-state index is 0.0236. The molecule has 1 aromatic carbocycles. The summed E-state index contributed by atoms with van der Waals surface area (Å²) in [5.74, 6) is 0.565. The summed E-state index contributed by atoms with van der Waals surface area (Å²) in [6.45, 7) is 0. The van der Waals surface area contributed by atoms with Gasteiger partial charge in [0.2, 0.25) is 0 Å². The van der Waals surface area contributed by atoms with E-state index in [2.05, 4.69) is 0 Å². The molecular formula is C10H7FN2O. The second-order valence-corrected chi connectivity index (χ2v) is 2.82. The highest BCUT2D eigenvalue weighted by Gasteiger charge is 2.10. The smallest absolute Gasteiger partial charge is 0.152 e. The molecule has 0 spiro atoms. The highest BCUT2D eigenvalue weighted by Crippen LogP contribution is 2.28. The zero-order valence-corrected chi connectivity index (χ0v) is 7.49. The van der Waals surface area contributed by atoms with Crippen LogP contribution in [0.3, 0.4) is 0 Å². The first-order valence-electron chi connectivity index (χ1n) is 4.02. The van der Waals surface area contributed by atoms with Crippen LogP contribution >= 0.6 is 0 Å². The van der Waals surface area contributed by atoms with Crippen LogP contribution in [-0.2, 0) is 0 Å². The number of rotatable bonds is 1. The highest BCUT2D eigenvalue weighted by atomic mass is 19.2. The molecule has 0 unspecified atom stereocenters. The maximum absolute atomic E-state index is 13.4. The fraction of sp³-hybridized carbons (Fsp3) is 0.100. The Bertz CT molecular complexity index is 525. The van der Waals surface area contributed by atoms with Gasteiger partial charge >= 0.3 is 0 Å². The van der Waals surface area contributed by atoms with Crippen molar-refractivity contribution in [3.05, 3.63) is 30.0 Å². The monoisotopic (exact) mass is 190 g/mol. The van der Waals surface area contributed by atoms with Gasteiger partial charge < -0.3 is 4.74 Å². The summed E-state index contributed by atoms with van der Waals surface area (Å²) in [4.78, 5) is 0.359. The van der Waals surface area contributed by atoms with Crippen LogP contribution in [-0.4, -0.2) is 11.9 Å². The summed E-state index contributed by atoms with van der Waals surface area (Å²) >= 11 is 0. The fourth-order valence-corrected chi connectivity index (χ4v) is 1.43. The number of halogens is 1. The van der Waals surface area contributed by atoms with Gasteiger partial charge in [0.25, 0.3) is 0 Å². The molecule has 0 radical (unpaired) electrons. The van der Waals surface area contributed by atoms with E-state index >= 15 is 0 Å². The molecule has 4 heteroatoms. The van der Waals surface area contributed by atoms with Crippen LogP contribution in [0.4, 0.5) is 4.48 Å². The fourth-order valence-electron chi connectivity index (χ4n) is 1.43. The molecule has 0 atom stereocenters. The molecule has 0 aliphatic rings. The molecule has 0 aliphatic heterocycles. The third kappa shape index (κ3) is 1.03. The standard InChI is InChI=1S/C10H7FN2O/c1-14-10-4-2-3-9-8(10)5-7(6-12)13(9)11/h2-5H,1H3. The van der Waals surface area contributed by atoms with Gasteiger partial charge in [0.05, 0.1) is 12.6 Å². The lowest BCUT2D eigenvalue weighted by Crippen LogP contribution is -1.85. The van der Waals surface area contributed by atoms with Crippen LogP contribution in [0.1, 0.15) is 5.69 Å². The number of nitriles is 1. The maximum Gasteiger partial charge on any atom is 0.152 e. The van der Waals surface area contributed by atoms with Gasteiger partial charge in [-0.15, -0.1) is 0 Å². The first-order chi connectivity index (χ1) is 6.77. The first kappa shape index (κ1) is 8.57. The normalized spacial score (nSPS) is 10.1. The zero-order chi connectivity index (χ0) is 10.1. The number of aromatic nitrogens is 1. The van der Waals surface area contributed by atoms with E-state index < -0.39 is 0 Å². The van der Waals surface area contributed by atoms with Gasteiger partial charge in [0.15, 0.2) is 5.69 Å². The van der Waals surface area contributed by atoms with Crippen molar-refractivity contribution in [3.63, 3.8) is 0 Å². The topological polar surface area (TPSA) is 37.9 Å². The van der Waals surface area contributed by atoms with E-state index in [4.69, 9.17) is 10.00 Å². The Morgan fingerprint density at radius 1 is 1.50 bits per heavy atom. The molecule has 0 saturated heterocycles. The number of ether oxygens (including phenoxy) is 1. The molecule has 14 heavy (non-hydrogen) atoms. The lowest BCUT2D eigenvalue weighted by atomic mass is 10.2. The van der Waals surface area contributed by atoms with Crippen LogP contribution in [0.25, 0.3) is 10.9 Å². The molecular weight excluding hydrogens is 183 g/mol. The van der Waals surface area contributed by atoms with E-state index in [1.165, 1.54) is 13.2 Å². The van der Waals surface area contributed by atoms with Crippen molar-refractivity contribution in [2.45, 2.75) is 0 Å². The average molecular weight is 190 g/mol. The number of hydrogen-bond acceptors (Lipinski definition) is 2. The third-order valence-corrected chi connectivity index (χ3v) is 2.08. The minimum atomic E-state index is -0.0236. The van der Waals surface area contributed by atoms with E-state index in [0.717, 1.165) is 0 Å². The Morgan fingerprint density at radius 3 is 2.93 bits per heavy atom. The predicted molar refractivity (Wildman–Crippen MR) is 49.7 cm³/mol. The first-order valence-corrected chi connectivity index (χ1v) is 4.02. The summed E-state index contributed by atoms with van der Waals surface area (Å²) in [6.07, 6.45) is 0. The lowest BCUT2D eigenvalue weighted by molar-refractivity contribution is 0.383. The summed E-state index contributed by atoms with van der Waals surface area (Å²) < 4.78 is 18.4. The SMILES string of the molecule is COc1cccc2c1cc(C#N)n2F. The van der Waals surface area contributed by atoms with Crippen LogP contribution < -0.4 is 4.74 Å². The van der Waals surface area contributed by atoms with Gasteiger partial charge in [-0.2, -0.15) is 10.1 Å².